The maximum atomic E-state index is 12.7. The molecule has 0 aliphatic heterocycles. The van der Waals surface area contributed by atoms with Crippen molar-refractivity contribution in [3.8, 4) is 11.1 Å². The number of amides is 1. The summed E-state index contributed by atoms with van der Waals surface area (Å²) in [6, 6.07) is 12.0. The summed E-state index contributed by atoms with van der Waals surface area (Å²) in [5.74, 6) is -0.191. The van der Waals surface area contributed by atoms with Crippen LogP contribution >= 0.6 is 0 Å². The highest BCUT2D eigenvalue weighted by molar-refractivity contribution is 6.01. The molecule has 0 heterocycles. The average Bonchev–Trinajstić information content (AvgIpc) is 2.64. The molecule has 0 aromatic heterocycles. The van der Waals surface area contributed by atoms with Gasteiger partial charge < -0.3 is 5.32 Å². The molecular weight excluding hydrogens is 339 g/mol. The van der Waals surface area contributed by atoms with E-state index in [0.717, 1.165) is 37.8 Å². The summed E-state index contributed by atoms with van der Waals surface area (Å²) in [6.07, 6.45) is -0.508. The van der Waals surface area contributed by atoms with E-state index in [1.807, 2.05) is 6.92 Å². The maximum Gasteiger partial charge on any atom is 0.416 e. The summed E-state index contributed by atoms with van der Waals surface area (Å²) in [4.78, 5) is 12.7. The lowest BCUT2D eigenvalue weighted by molar-refractivity contribution is -0.137. The fourth-order valence-corrected chi connectivity index (χ4v) is 2.86. The molecule has 1 amide bonds. The van der Waals surface area contributed by atoms with E-state index in [0.29, 0.717) is 16.7 Å². The second-order valence-electron chi connectivity index (χ2n) is 6.34. The molecule has 0 bridgehead atoms. The van der Waals surface area contributed by atoms with Gasteiger partial charge in [0.25, 0.3) is 5.91 Å². The molecule has 2 aromatic carbocycles. The van der Waals surface area contributed by atoms with Gasteiger partial charge in [-0.1, -0.05) is 57.0 Å². The Bertz CT molecular complexity index is 723. The zero-order chi connectivity index (χ0) is 19.2. The zero-order valence-electron chi connectivity index (χ0n) is 15.1. The van der Waals surface area contributed by atoms with Gasteiger partial charge in [-0.05, 0) is 42.2 Å². The number of halogens is 3. The van der Waals surface area contributed by atoms with Gasteiger partial charge in [0.1, 0.15) is 0 Å². The first kappa shape index (κ1) is 20.0. The molecule has 5 heteroatoms. The number of nitrogens with one attached hydrogen (secondary N) is 1. The van der Waals surface area contributed by atoms with Crippen LogP contribution in [0.4, 0.5) is 13.2 Å². The van der Waals surface area contributed by atoms with Crippen molar-refractivity contribution >= 4 is 5.91 Å². The van der Waals surface area contributed by atoms with E-state index in [-0.39, 0.29) is 11.9 Å². The van der Waals surface area contributed by atoms with Gasteiger partial charge >= 0.3 is 6.18 Å². The lowest BCUT2D eigenvalue weighted by Gasteiger charge is -2.18. The van der Waals surface area contributed by atoms with Crippen LogP contribution in [0.25, 0.3) is 11.1 Å². The van der Waals surface area contributed by atoms with Crippen LogP contribution in [0, 0.1) is 0 Å². The second kappa shape index (κ2) is 8.88. The largest absolute Gasteiger partial charge is 0.416 e. The maximum absolute atomic E-state index is 12.7. The van der Waals surface area contributed by atoms with Crippen LogP contribution in [0.1, 0.15) is 55.5 Å². The van der Waals surface area contributed by atoms with Crippen LogP contribution in [0.3, 0.4) is 0 Å². The van der Waals surface area contributed by atoms with Crippen LogP contribution in [-0.2, 0) is 6.18 Å². The molecule has 0 saturated carbocycles. The molecule has 0 saturated heterocycles. The molecule has 0 radical (unpaired) electrons. The van der Waals surface area contributed by atoms with Gasteiger partial charge in [-0.2, -0.15) is 13.2 Å². The molecule has 26 heavy (non-hydrogen) atoms. The fourth-order valence-electron chi connectivity index (χ4n) is 2.86. The second-order valence-corrected chi connectivity index (χ2v) is 6.34. The molecule has 1 unspecified atom stereocenters. The van der Waals surface area contributed by atoms with Gasteiger partial charge in [-0.25, -0.2) is 0 Å². The predicted molar refractivity (Wildman–Crippen MR) is 98.0 cm³/mol. The summed E-state index contributed by atoms with van der Waals surface area (Å²) in [7, 11) is 0. The van der Waals surface area contributed by atoms with E-state index in [1.165, 1.54) is 12.1 Å². The van der Waals surface area contributed by atoms with Crippen LogP contribution in [-0.4, -0.2) is 11.9 Å². The van der Waals surface area contributed by atoms with Gasteiger partial charge in [0.2, 0.25) is 0 Å². The Labute approximate surface area is 152 Å². The molecule has 2 aromatic rings. The standard InChI is InChI=1S/C21H24F3NO/c1-3-5-8-17(4-2)25-20(26)19-10-7-6-9-18(19)15-11-13-16(14-12-15)21(22,23)24/h6-7,9-14,17H,3-5,8H2,1-2H3,(H,25,26). The molecule has 2 rings (SSSR count). The third-order valence-corrected chi connectivity index (χ3v) is 4.43. The van der Waals surface area contributed by atoms with Gasteiger partial charge in [-0.15, -0.1) is 0 Å². The number of carbonyl (C=O) groups is 1. The van der Waals surface area contributed by atoms with E-state index in [1.54, 1.807) is 24.3 Å². The van der Waals surface area contributed by atoms with Crippen LogP contribution in [0.5, 0.6) is 0 Å². The van der Waals surface area contributed by atoms with Crippen LogP contribution in [0.2, 0.25) is 0 Å². The van der Waals surface area contributed by atoms with E-state index >= 15 is 0 Å². The molecule has 0 aliphatic carbocycles. The number of hydrogen-bond donors (Lipinski definition) is 1. The molecule has 0 spiro atoms. The van der Waals surface area contributed by atoms with Crippen LogP contribution < -0.4 is 5.32 Å². The highest BCUT2D eigenvalue weighted by Crippen LogP contribution is 2.31. The Balaban J connectivity index is 2.25. The minimum absolute atomic E-state index is 0.100. The van der Waals surface area contributed by atoms with Crippen molar-refractivity contribution in [1.29, 1.82) is 0 Å². The van der Waals surface area contributed by atoms with Gasteiger partial charge in [0.15, 0.2) is 0 Å². The lowest BCUT2D eigenvalue weighted by Crippen LogP contribution is -2.34. The number of benzene rings is 2. The summed E-state index contributed by atoms with van der Waals surface area (Å²) in [5.41, 5.74) is 0.991. The van der Waals surface area contributed by atoms with E-state index in [4.69, 9.17) is 0 Å². The number of hydrogen-bond acceptors (Lipinski definition) is 1. The molecule has 0 aliphatic rings. The van der Waals surface area contributed by atoms with Crippen LogP contribution in [0.15, 0.2) is 48.5 Å². The van der Waals surface area contributed by atoms with Crippen molar-refractivity contribution in [3.63, 3.8) is 0 Å². The smallest absolute Gasteiger partial charge is 0.349 e. The monoisotopic (exact) mass is 363 g/mol. The molecule has 0 fully saturated rings. The molecule has 2 nitrogen and oxygen atoms in total. The summed E-state index contributed by atoms with van der Waals surface area (Å²) in [6.45, 7) is 4.14. The van der Waals surface area contributed by atoms with Gasteiger partial charge in [-0.3, -0.25) is 4.79 Å². The van der Waals surface area contributed by atoms with Crippen molar-refractivity contribution in [3.05, 3.63) is 59.7 Å². The molecule has 1 N–H and O–H groups in total. The SMILES string of the molecule is CCCCC(CC)NC(=O)c1ccccc1-c1ccc(C(F)(F)F)cc1. The Kier molecular flexibility index (Phi) is 6.83. The van der Waals surface area contributed by atoms with Crippen molar-refractivity contribution in [1.82, 2.24) is 5.32 Å². The Morgan fingerprint density at radius 1 is 1.04 bits per heavy atom. The summed E-state index contributed by atoms with van der Waals surface area (Å²) in [5, 5.41) is 3.04. The average molecular weight is 363 g/mol. The fraction of sp³-hybridized carbons (Fsp3) is 0.381. The first-order valence-corrected chi connectivity index (χ1v) is 8.94. The van der Waals surface area contributed by atoms with Crippen molar-refractivity contribution < 1.29 is 18.0 Å². The first-order chi connectivity index (χ1) is 12.4. The highest BCUT2D eigenvalue weighted by atomic mass is 19.4. The van der Waals surface area contributed by atoms with Crippen molar-refractivity contribution in [2.75, 3.05) is 0 Å². The Morgan fingerprint density at radius 2 is 1.69 bits per heavy atom. The lowest BCUT2D eigenvalue weighted by atomic mass is 9.97. The summed E-state index contributed by atoms with van der Waals surface area (Å²) < 4.78 is 38.2. The molecular formula is C21H24F3NO. The Morgan fingerprint density at radius 3 is 2.27 bits per heavy atom. The topological polar surface area (TPSA) is 29.1 Å². The summed E-state index contributed by atoms with van der Waals surface area (Å²) >= 11 is 0. The highest BCUT2D eigenvalue weighted by Gasteiger charge is 2.30. The normalized spacial score (nSPS) is 12.7. The molecule has 1 atom stereocenters. The number of rotatable bonds is 7. The van der Waals surface area contributed by atoms with Crippen molar-refractivity contribution in [2.45, 2.75) is 51.7 Å². The third-order valence-electron chi connectivity index (χ3n) is 4.43. The van der Waals surface area contributed by atoms with Gasteiger partial charge in [0, 0.05) is 11.6 Å². The zero-order valence-corrected chi connectivity index (χ0v) is 15.1. The number of alkyl halides is 3. The van der Waals surface area contributed by atoms with E-state index in [9.17, 15) is 18.0 Å². The minimum Gasteiger partial charge on any atom is -0.349 e. The quantitative estimate of drug-likeness (QED) is 0.635. The number of carbonyl (C=O) groups excluding carboxylic acids is 1. The van der Waals surface area contributed by atoms with Crippen molar-refractivity contribution in [2.24, 2.45) is 0 Å². The minimum atomic E-state index is -4.37. The number of unbranched alkanes of at least 4 members (excludes halogenated alkanes) is 1. The first-order valence-electron chi connectivity index (χ1n) is 8.94. The molecule has 140 valence electrons. The van der Waals surface area contributed by atoms with E-state index in [2.05, 4.69) is 12.2 Å². The predicted octanol–water partition coefficient (Wildman–Crippen LogP) is 6.07. The third kappa shape index (κ3) is 5.10. The van der Waals surface area contributed by atoms with Gasteiger partial charge in [0.05, 0.1) is 5.56 Å². The Hall–Kier alpha value is -2.30. The van der Waals surface area contributed by atoms with E-state index < -0.39 is 11.7 Å².